The predicted molar refractivity (Wildman–Crippen MR) is 134 cm³/mol. The molecule has 3 heteroatoms. The Kier molecular flexibility index (Phi) is 5.71. The molecule has 1 atom stereocenters. The molecular weight excluding hydrogens is 390 g/mol. The van der Waals surface area contributed by atoms with Gasteiger partial charge in [0.1, 0.15) is 0 Å². The number of hydrogen-bond donors (Lipinski definition) is 1. The highest BCUT2D eigenvalue weighted by Crippen LogP contribution is 2.36. The van der Waals surface area contributed by atoms with Crippen LogP contribution in [0.5, 0.6) is 0 Å². The van der Waals surface area contributed by atoms with Gasteiger partial charge in [-0.25, -0.2) is 0 Å². The summed E-state index contributed by atoms with van der Waals surface area (Å²) in [7, 11) is 0. The van der Waals surface area contributed by atoms with Crippen LogP contribution in [0.4, 0.5) is 11.4 Å². The van der Waals surface area contributed by atoms with Gasteiger partial charge in [-0.15, -0.1) is 0 Å². The molecular formula is C29H27N3. The van der Waals surface area contributed by atoms with E-state index in [1.165, 1.54) is 22.3 Å². The minimum absolute atomic E-state index is 0.197. The fourth-order valence-corrected chi connectivity index (χ4v) is 4.21. The number of hydrazone groups is 1. The normalized spacial score (nSPS) is 15.5. The van der Waals surface area contributed by atoms with Crippen LogP contribution in [0.1, 0.15) is 34.7 Å². The molecule has 0 saturated carbocycles. The third-order valence-electron chi connectivity index (χ3n) is 5.92. The van der Waals surface area contributed by atoms with Crippen LogP contribution in [0, 0.1) is 6.92 Å². The van der Waals surface area contributed by atoms with Crippen molar-refractivity contribution in [3.05, 3.63) is 131 Å². The fraction of sp³-hybridized carbons (Fsp3) is 0.138. The molecule has 1 heterocycles. The van der Waals surface area contributed by atoms with Crippen LogP contribution < -0.4 is 10.3 Å². The quantitative estimate of drug-likeness (QED) is 0.367. The Bertz CT molecular complexity index is 1200. The molecule has 0 unspecified atom stereocenters. The maximum Gasteiger partial charge on any atom is 0.0831 e. The van der Waals surface area contributed by atoms with E-state index < -0.39 is 0 Å². The van der Waals surface area contributed by atoms with Crippen molar-refractivity contribution in [1.82, 2.24) is 0 Å². The smallest absolute Gasteiger partial charge is 0.0831 e. The van der Waals surface area contributed by atoms with E-state index in [2.05, 4.69) is 126 Å². The summed E-state index contributed by atoms with van der Waals surface area (Å²) in [5.74, 6) is 0. The maximum atomic E-state index is 5.05. The molecule has 158 valence electrons. The summed E-state index contributed by atoms with van der Waals surface area (Å²) in [5.41, 5.74) is 8.38. The molecule has 0 spiro atoms. The molecule has 0 saturated heterocycles. The monoisotopic (exact) mass is 417 g/mol. The number of hydrogen-bond acceptors (Lipinski definition) is 3. The molecule has 1 N–H and O–H groups in total. The molecule has 4 aromatic carbocycles. The molecule has 0 fully saturated rings. The Morgan fingerprint density at radius 2 is 1.53 bits per heavy atom. The third-order valence-corrected chi connectivity index (χ3v) is 5.92. The van der Waals surface area contributed by atoms with Crippen LogP contribution in [0.15, 0.2) is 114 Å². The number of nitrogens with one attached hydrogen (secondary N) is 1. The van der Waals surface area contributed by atoms with Crippen molar-refractivity contribution >= 4 is 17.1 Å². The molecule has 0 amide bonds. The van der Waals surface area contributed by atoms with E-state index in [4.69, 9.17) is 5.10 Å². The minimum Gasteiger partial charge on any atom is -0.381 e. The van der Waals surface area contributed by atoms with Gasteiger partial charge < -0.3 is 5.32 Å². The van der Waals surface area contributed by atoms with Gasteiger partial charge in [0.15, 0.2) is 0 Å². The van der Waals surface area contributed by atoms with Crippen LogP contribution in [0.3, 0.4) is 0 Å². The van der Waals surface area contributed by atoms with Gasteiger partial charge in [0.05, 0.1) is 17.4 Å². The van der Waals surface area contributed by atoms with Gasteiger partial charge in [0, 0.05) is 18.7 Å². The van der Waals surface area contributed by atoms with Crippen molar-refractivity contribution < 1.29 is 0 Å². The lowest BCUT2D eigenvalue weighted by Gasteiger charge is -2.24. The molecule has 1 aliphatic heterocycles. The fourth-order valence-electron chi connectivity index (χ4n) is 4.21. The summed E-state index contributed by atoms with van der Waals surface area (Å²) in [5, 5.41) is 10.7. The SMILES string of the molecule is Cc1cccc(NCc2ccc(N3N=C(c4ccccc4)C[C@@H]3c3ccccc3)cc2)c1. The zero-order chi connectivity index (χ0) is 21.8. The topological polar surface area (TPSA) is 27.6 Å². The Labute approximate surface area is 190 Å². The summed E-state index contributed by atoms with van der Waals surface area (Å²) in [6.45, 7) is 2.91. The average molecular weight is 418 g/mol. The highest BCUT2D eigenvalue weighted by atomic mass is 15.5. The van der Waals surface area contributed by atoms with Gasteiger partial charge in [-0.2, -0.15) is 5.10 Å². The first kappa shape index (κ1) is 20.1. The highest BCUT2D eigenvalue weighted by Gasteiger charge is 2.29. The van der Waals surface area contributed by atoms with Gasteiger partial charge >= 0.3 is 0 Å². The van der Waals surface area contributed by atoms with Crippen LogP contribution in [-0.2, 0) is 6.54 Å². The van der Waals surface area contributed by atoms with Crippen molar-refractivity contribution in [2.75, 3.05) is 10.3 Å². The van der Waals surface area contributed by atoms with E-state index in [9.17, 15) is 0 Å². The van der Waals surface area contributed by atoms with Gasteiger partial charge in [0.2, 0.25) is 0 Å². The van der Waals surface area contributed by atoms with E-state index in [1.54, 1.807) is 0 Å². The van der Waals surface area contributed by atoms with Crippen LogP contribution in [0.2, 0.25) is 0 Å². The summed E-state index contributed by atoms with van der Waals surface area (Å²) in [6.07, 6.45) is 0.894. The van der Waals surface area contributed by atoms with Crippen molar-refractivity contribution in [1.29, 1.82) is 0 Å². The molecule has 0 aliphatic carbocycles. The first-order chi connectivity index (χ1) is 15.8. The van der Waals surface area contributed by atoms with Crippen molar-refractivity contribution in [3.63, 3.8) is 0 Å². The van der Waals surface area contributed by atoms with E-state index in [0.29, 0.717) is 0 Å². The van der Waals surface area contributed by atoms with Crippen molar-refractivity contribution in [3.8, 4) is 0 Å². The number of rotatable bonds is 6. The molecule has 1 aliphatic rings. The molecule has 3 nitrogen and oxygen atoms in total. The molecule has 4 aromatic rings. The molecule has 32 heavy (non-hydrogen) atoms. The Morgan fingerprint density at radius 3 is 2.25 bits per heavy atom. The summed E-state index contributed by atoms with van der Waals surface area (Å²) < 4.78 is 0. The minimum atomic E-state index is 0.197. The third kappa shape index (κ3) is 4.42. The zero-order valence-electron chi connectivity index (χ0n) is 18.3. The standard InChI is InChI=1S/C29H27N3/c1-22-9-8-14-26(19-22)30-21-23-15-17-27(18-16-23)32-29(25-12-6-3-7-13-25)20-28(31-32)24-10-4-2-5-11-24/h2-19,29-30H,20-21H2,1H3/t29-/m1/s1. The van der Waals surface area contributed by atoms with Crippen LogP contribution in [-0.4, -0.2) is 5.71 Å². The van der Waals surface area contributed by atoms with Crippen molar-refractivity contribution in [2.24, 2.45) is 5.10 Å². The Morgan fingerprint density at radius 1 is 0.812 bits per heavy atom. The second kappa shape index (κ2) is 9.11. The van der Waals surface area contributed by atoms with E-state index in [0.717, 1.165) is 30.1 Å². The molecule has 0 radical (unpaired) electrons. The lowest BCUT2D eigenvalue weighted by atomic mass is 9.98. The second-order valence-electron chi connectivity index (χ2n) is 8.28. The van der Waals surface area contributed by atoms with Gasteiger partial charge in [-0.1, -0.05) is 84.9 Å². The average Bonchev–Trinajstić information content (AvgIpc) is 3.30. The van der Waals surface area contributed by atoms with Gasteiger partial charge in [-0.05, 0) is 53.4 Å². The zero-order valence-corrected chi connectivity index (χ0v) is 18.3. The number of anilines is 2. The molecule has 0 bridgehead atoms. The molecule has 0 aromatic heterocycles. The highest BCUT2D eigenvalue weighted by molar-refractivity contribution is 6.03. The van der Waals surface area contributed by atoms with E-state index in [1.807, 2.05) is 0 Å². The summed E-state index contributed by atoms with van der Waals surface area (Å²) in [6, 6.07) is 38.6. The van der Waals surface area contributed by atoms with Crippen LogP contribution >= 0.6 is 0 Å². The van der Waals surface area contributed by atoms with E-state index >= 15 is 0 Å². The number of benzene rings is 4. The first-order valence-corrected chi connectivity index (χ1v) is 11.1. The van der Waals surface area contributed by atoms with Crippen LogP contribution in [0.25, 0.3) is 0 Å². The van der Waals surface area contributed by atoms with E-state index in [-0.39, 0.29) is 6.04 Å². The lowest BCUT2D eigenvalue weighted by Crippen LogP contribution is -2.18. The summed E-state index contributed by atoms with van der Waals surface area (Å²) >= 11 is 0. The number of nitrogens with zero attached hydrogens (tertiary/aromatic N) is 2. The molecule has 5 rings (SSSR count). The Balaban J connectivity index is 1.38. The van der Waals surface area contributed by atoms with Gasteiger partial charge in [0.25, 0.3) is 0 Å². The lowest BCUT2D eigenvalue weighted by molar-refractivity contribution is 0.709. The van der Waals surface area contributed by atoms with Crippen molar-refractivity contribution in [2.45, 2.75) is 25.9 Å². The maximum absolute atomic E-state index is 5.05. The summed E-state index contributed by atoms with van der Waals surface area (Å²) in [4.78, 5) is 0. The second-order valence-corrected chi connectivity index (χ2v) is 8.28. The van der Waals surface area contributed by atoms with Gasteiger partial charge in [-0.3, -0.25) is 5.01 Å². The largest absolute Gasteiger partial charge is 0.381 e. The predicted octanol–water partition coefficient (Wildman–Crippen LogP) is 6.96. The Hall–Kier alpha value is -3.85. The first-order valence-electron chi connectivity index (χ1n) is 11.1. The number of aryl methyl sites for hydroxylation is 1.